The zero-order chi connectivity index (χ0) is 14.4. The first-order chi connectivity index (χ1) is 9.65. The van der Waals surface area contributed by atoms with E-state index in [1.807, 2.05) is 41.9 Å². The lowest BCUT2D eigenvalue weighted by atomic mass is 10.2. The van der Waals surface area contributed by atoms with Crippen LogP contribution in [-0.4, -0.2) is 17.9 Å². The van der Waals surface area contributed by atoms with E-state index in [4.69, 9.17) is 0 Å². The second kappa shape index (κ2) is 7.21. The first-order valence-corrected chi connectivity index (χ1v) is 8.04. The van der Waals surface area contributed by atoms with Gasteiger partial charge in [-0.05, 0) is 29.8 Å². The summed E-state index contributed by atoms with van der Waals surface area (Å²) in [5.41, 5.74) is 0. The van der Waals surface area contributed by atoms with Gasteiger partial charge in [-0.2, -0.15) is 0 Å². The van der Waals surface area contributed by atoms with Crippen LogP contribution in [0.15, 0.2) is 35.0 Å². The molecule has 0 radical (unpaired) electrons. The molecule has 6 heteroatoms. The Labute approximate surface area is 125 Å². The van der Waals surface area contributed by atoms with Crippen molar-refractivity contribution in [2.24, 2.45) is 0 Å². The lowest BCUT2D eigenvalue weighted by Gasteiger charge is -2.12. The summed E-state index contributed by atoms with van der Waals surface area (Å²) in [6, 6.07) is 7.76. The van der Waals surface area contributed by atoms with Gasteiger partial charge in [-0.1, -0.05) is 12.1 Å². The fraction of sp³-hybridized carbons (Fsp3) is 0.286. The Morgan fingerprint density at radius 2 is 1.75 bits per heavy atom. The van der Waals surface area contributed by atoms with Crippen molar-refractivity contribution in [2.45, 2.75) is 25.9 Å². The van der Waals surface area contributed by atoms with Crippen molar-refractivity contribution >= 4 is 34.5 Å². The highest BCUT2D eigenvalue weighted by Gasteiger charge is 2.16. The zero-order valence-corrected chi connectivity index (χ0v) is 12.7. The van der Waals surface area contributed by atoms with Crippen LogP contribution in [0.3, 0.4) is 0 Å². The number of nitrogens with one attached hydrogen (secondary N) is 2. The van der Waals surface area contributed by atoms with Crippen LogP contribution in [0.1, 0.15) is 16.7 Å². The van der Waals surface area contributed by atoms with E-state index in [0.29, 0.717) is 6.54 Å². The molecule has 0 aliphatic rings. The van der Waals surface area contributed by atoms with Gasteiger partial charge in [0.05, 0.1) is 6.54 Å². The molecule has 2 N–H and O–H groups in total. The summed E-state index contributed by atoms with van der Waals surface area (Å²) in [5, 5.41) is 9.25. The first kappa shape index (κ1) is 14.7. The number of rotatable bonds is 5. The van der Waals surface area contributed by atoms with Crippen molar-refractivity contribution in [3.05, 3.63) is 44.8 Å². The van der Waals surface area contributed by atoms with Crippen molar-refractivity contribution < 1.29 is 9.59 Å². The van der Waals surface area contributed by atoms with E-state index in [9.17, 15) is 9.59 Å². The fourth-order valence-corrected chi connectivity index (χ4v) is 3.21. The van der Waals surface area contributed by atoms with Crippen LogP contribution >= 0.6 is 22.7 Å². The molecule has 2 rings (SSSR count). The standard InChI is InChI=1S/C14H16N2O2S2/c1-10(8-11-4-2-6-19-11)16-14(18)13(17)15-9-12-5-3-7-20-12/h2-7,10H,8-9H2,1H3,(H,15,17)(H,16,18)/t10-/m0/s1. The van der Waals surface area contributed by atoms with Crippen molar-refractivity contribution in [3.8, 4) is 0 Å². The summed E-state index contributed by atoms with van der Waals surface area (Å²) in [4.78, 5) is 25.6. The maximum absolute atomic E-state index is 11.7. The molecular weight excluding hydrogens is 292 g/mol. The average molecular weight is 308 g/mol. The van der Waals surface area contributed by atoms with E-state index in [0.717, 1.165) is 11.3 Å². The van der Waals surface area contributed by atoms with Crippen LogP contribution in [0, 0.1) is 0 Å². The van der Waals surface area contributed by atoms with Gasteiger partial charge in [0, 0.05) is 22.2 Å². The second-order valence-corrected chi connectivity index (χ2v) is 6.48. The molecule has 0 aliphatic carbocycles. The summed E-state index contributed by atoms with van der Waals surface area (Å²) < 4.78 is 0. The quantitative estimate of drug-likeness (QED) is 0.832. The van der Waals surface area contributed by atoms with Gasteiger partial charge in [-0.3, -0.25) is 9.59 Å². The molecule has 4 nitrogen and oxygen atoms in total. The van der Waals surface area contributed by atoms with Crippen LogP contribution in [0.25, 0.3) is 0 Å². The van der Waals surface area contributed by atoms with E-state index in [2.05, 4.69) is 10.6 Å². The maximum atomic E-state index is 11.7. The molecule has 2 aromatic rings. The van der Waals surface area contributed by atoms with Gasteiger partial charge in [0.2, 0.25) is 0 Å². The lowest BCUT2D eigenvalue weighted by molar-refractivity contribution is -0.139. The third-order valence-electron chi connectivity index (χ3n) is 2.67. The van der Waals surface area contributed by atoms with E-state index in [1.54, 1.807) is 22.7 Å². The molecule has 0 aromatic carbocycles. The Hall–Kier alpha value is -1.66. The van der Waals surface area contributed by atoms with Crippen LogP contribution < -0.4 is 10.6 Å². The molecule has 0 saturated heterocycles. The Morgan fingerprint density at radius 3 is 2.35 bits per heavy atom. The van der Waals surface area contributed by atoms with Crippen molar-refractivity contribution in [1.29, 1.82) is 0 Å². The molecule has 2 heterocycles. The highest BCUT2D eigenvalue weighted by atomic mass is 32.1. The fourth-order valence-electron chi connectivity index (χ4n) is 1.73. The van der Waals surface area contributed by atoms with Gasteiger partial charge >= 0.3 is 11.8 Å². The average Bonchev–Trinajstić information content (AvgIpc) is 3.08. The number of carbonyl (C=O) groups is 2. The van der Waals surface area contributed by atoms with Crippen molar-refractivity contribution in [1.82, 2.24) is 10.6 Å². The Balaban J connectivity index is 1.74. The number of hydrogen-bond acceptors (Lipinski definition) is 4. The van der Waals surface area contributed by atoms with E-state index in [1.165, 1.54) is 4.88 Å². The molecule has 0 fully saturated rings. The Kier molecular flexibility index (Phi) is 5.31. The topological polar surface area (TPSA) is 58.2 Å². The molecule has 0 saturated carbocycles. The summed E-state index contributed by atoms with van der Waals surface area (Å²) in [6.45, 7) is 2.29. The van der Waals surface area contributed by atoms with Gasteiger partial charge in [-0.25, -0.2) is 0 Å². The van der Waals surface area contributed by atoms with Gasteiger partial charge in [-0.15, -0.1) is 22.7 Å². The minimum Gasteiger partial charge on any atom is -0.345 e. The second-order valence-electron chi connectivity index (χ2n) is 4.42. The minimum absolute atomic E-state index is 0.0614. The van der Waals surface area contributed by atoms with Gasteiger partial charge in [0.1, 0.15) is 0 Å². The van der Waals surface area contributed by atoms with E-state index in [-0.39, 0.29) is 6.04 Å². The first-order valence-electron chi connectivity index (χ1n) is 6.28. The third-order valence-corrected chi connectivity index (χ3v) is 4.45. The molecule has 0 unspecified atom stereocenters. The number of amides is 2. The molecular formula is C14H16N2O2S2. The zero-order valence-electron chi connectivity index (χ0n) is 11.1. The highest BCUT2D eigenvalue weighted by molar-refractivity contribution is 7.10. The van der Waals surface area contributed by atoms with E-state index >= 15 is 0 Å². The molecule has 1 atom stereocenters. The Morgan fingerprint density at radius 1 is 1.10 bits per heavy atom. The predicted octanol–water partition coefficient (Wildman–Crippen LogP) is 2.17. The maximum Gasteiger partial charge on any atom is 0.309 e. The predicted molar refractivity (Wildman–Crippen MR) is 81.8 cm³/mol. The highest BCUT2D eigenvalue weighted by Crippen LogP contribution is 2.11. The van der Waals surface area contributed by atoms with Gasteiger partial charge in [0.25, 0.3) is 0 Å². The minimum atomic E-state index is -0.587. The van der Waals surface area contributed by atoms with Gasteiger partial charge in [0.15, 0.2) is 0 Å². The molecule has 0 bridgehead atoms. The summed E-state index contributed by atoms with van der Waals surface area (Å²) in [6.07, 6.45) is 0.738. The number of carbonyl (C=O) groups excluding carboxylic acids is 2. The van der Waals surface area contributed by atoms with Crippen LogP contribution in [0.4, 0.5) is 0 Å². The van der Waals surface area contributed by atoms with Crippen LogP contribution in [0.2, 0.25) is 0 Å². The summed E-state index contributed by atoms with van der Waals surface area (Å²) in [7, 11) is 0. The Bertz CT molecular complexity index is 550. The van der Waals surface area contributed by atoms with Crippen molar-refractivity contribution in [3.63, 3.8) is 0 Å². The van der Waals surface area contributed by atoms with Crippen LogP contribution in [0.5, 0.6) is 0 Å². The van der Waals surface area contributed by atoms with Gasteiger partial charge < -0.3 is 10.6 Å². The molecule has 106 valence electrons. The molecule has 0 aliphatic heterocycles. The van der Waals surface area contributed by atoms with Crippen LogP contribution in [-0.2, 0) is 22.6 Å². The monoisotopic (exact) mass is 308 g/mol. The largest absolute Gasteiger partial charge is 0.345 e. The molecule has 20 heavy (non-hydrogen) atoms. The normalized spacial score (nSPS) is 11.8. The van der Waals surface area contributed by atoms with E-state index < -0.39 is 11.8 Å². The molecule has 0 spiro atoms. The smallest absolute Gasteiger partial charge is 0.309 e. The lowest BCUT2D eigenvalue weighted by Crippen LogP contribution is -2.43. The number of thiophene rings is 2. The third kappa shape index (κ3) is 4.47. The summed E-state index contributed by atoms with van der Waals surface area (Å²) >= 11 is 3.19. The number of hydrogen-bond donors (Lipinski definition) is 2. The molecule has 2 amide bonds. The SMILES string of the molecule is C[C@@H](Cc1cccs1)NC(=O)C(=O)NCc1cccs1. The van der Waals surface area contributed by atoms with Crippen molar-refractivity contribution in [2.75, 3.05) is 0 Å². The summed E-state index contributed by atoms with van der Waals surface area (Å²) in [5.74, 6) is -1.16. The molecule has 2 aromatic heterocycles.